The van der Waals surface area contributed by atoms with E-state index in [0.29, 0.717) is 22.4 Å². The van der Waals surface area contributed by atoms with Crippen molar-refractivity contribution < 1.29 is 9.21 Å². The number of carbonyl (C=O) groups excluding carboxylic acids is 1. The van der Waals surface area contributed by atoms with Gasteiger partial charge in [-0.05, 0) is 29.8 Å². The number of thioether (sulfide) groups is 1. The fraction of sp³-hybridized carbons (Fsp3) is 0.176. The Morgan fingerprint density at radius 3 is 2.85 bits per heavy atom. The van der Waals surface area contributed by atoms with Crippen LogP contribution in [0.15, 0.2) is 57.3 Å². The number of aromatic amines is 1. The van der Waals surface area contributed by atoms with Crippen LogP contribution in [0.1, 0.15) is 23.8 Å². The van der Waals surface area contributed by atoms with E-state index in [1.807, 2.05) is 18.2 Å². The maximum absolute atomic E-state index is 12.8. The highest BCUT2D eigenvalue weighted by Gasteiger charge is 2.34. The zero-order chi connectivity index (χ0) is 18.8. The monoisotopic (exact) mass is 402 g/mol. The second kappa shape index (κ2) is 7.45. The highest BCUT2D eigenvalue weighted by molar-refractivity contribution is 7.99. The SMILES string of the molecule is Nc1nc(SCC(=O)N2N=C(c3ccc(Cl)cc3)C[C@@H]2c2ccco2)n[nH]1. The summed E-state index contributed by atoms with van der Waals surface area (Å²) in [5.41, 5.74) is 7.22. The van der Waals surface area contributed by atoms with Crippen LogP contribution in [0.2, 0.25) is 5.02 Å². The van der Waals surface area contributed by atoms with Crippen molar-refractivity contribution in [2.75, 3.05) is 11.5 Å². The number of H-pyrrole nitrogens is 1. The van der Waals surface area contributed by atoms with Gasteiger partial charge in [0.1, 0.15) is 11.8 Å². The van der Waals surface area contributed by atoms with Crippen molar-refractivity contribution in [1.29, 1.82) is 0 Å². The summed E-state index contributed by atoms with van der Waals surface area (Å²) in [4.78, 5) is 16.8. The van der Waals surface area contributed by atoms with E-state index in [9.17, 15) is 4.79 Å². The van der Waals surface area contributed by atoms with E-state index in [-0.39, 0.29) is 23.7 Å². The molecule has 0 saturated carbocycles. The molecule has 0 saturated heterocycles. The molecule has 3 aromatic rings. The summed E-state index contributed by atoms with van der Waals surface area (Å²) in [5, 5.41) is 13.5. The number of carbonyl (C=O) groups is 1. The Hall–Kier alpha value is -2.78. The molecule has 3 N–H and O–H groups in total. The predicted octanol–water partition coefficient (Wildman–Crippen LogP) is 3.10. The smallest absolute Gasteiger partial charge is 0.253 e. The van der Waals surface area contributed by atoms with Gasteiger partial charge in [0.05, 0.1) is 17.7 Å². The van der Waals surface area contributed by atoms with Crippen LogP contribution in [0.3, 0.4) is 0 Å². The summed E-state index contributed by atoms with van der Waals surface area (Å²) in [6.07, 6.45) is 2.14. The van der Waals surface area contributed by atoms with E-state index in [1.54, 1.807) is 24.5 Å². The van der Waals surface area contributed by atoms with Crippen LogP contribution < -0.4 is 5.73 Å². The standard InChI is InChI=1S/C17H15ClN6O2S/c18-11-5-3-10(4-6-11)12-8-13(14-2-1-7-26-14)24(23-12)15(25)9-27-17-20-16(19)21-22-17/h1-7,13H,8-9H2,(H3,19,20,21,22)/t13-/m1/s1. The number of furan rings is 1. The first-order chi connectivity index (χ1) is 13.1. The zero-order valence-corrected chi connectivity index (χ0v) is 15.6. The lowest BCUT2D eigenvalue weighted by molar-refractivity contribution is -0.130. The molecule has 0 spiro atoms. The number of rotatable bonds is 5. The minimum absolute atomic E-state index is 0.131. The van der Waals surface area contributed by atoms with Gasteiger partial charge in [0, 0.05) is 11.4 Å². The van der Waals surface area contributed by atoms with Crippen LogP contribution in [-0.4, -0.2) is 37.6 Å². The first-order valence-electron chi connectivity index (χ1n) is 8.09. The molecule has 1 atom stereocenters. The van der Waals surface area contributed by atoms with Gasteiger partial charge in [-0.3, -0.25) is 4.79 Å². The number of hydrogen-bond donors (Lipinski definition) is 2. The number of halogens is 1. The lowest BCUT2D eigenvalue weighted by Gasteiger charge is -2.19. The van der Waals surface area contributed by atoms with E-state index < -0.39 is 0 Å². The van der Waals surface area contributed by atoms with Gasteiger partial charge in [-0.15, -0.1) is 5.10 Å². The fourth-order valence-electron chi connectivity index (χ4n) is 2.77. The highest BCUT2D eigenvalue weighted by Crippen LogP contribution is 2.34. The summed E-state index contributed by atoms with van der Waals surface area (Å²) >= 11 is 7.16. The molecule has 27 heavy (non-hydrogen) atoms. The Labute approximate surface area is 163 Å². The molecule has 2 aromatic heterocycles. The van der Waals surface area contributed by atoms with Gasteiger partial charge in [-0.25, -0.2) is 10.1 Å². The molecule has 1 aliphatic rings. The zero-order valence-electron chi connectivity index (χ0n) is 14.0. The van der Waals surface area contributed by atoms with Crippen molar-refractivity contribution in [2.45, 2.75) is 17.6 Å². The van der Waals surface area contributed by atoms with Gasteiger partial charge in [0.25, 0.3) is 5.91 Å². The Bertz CT molecular complexity index is 970. The van der Waals surface area contributed by atoms with E-state index in [2.05, 4.69) is 20.3 Å². The second-order valence-corrected chi connectivity index (χ2v) is 7.20. The van der Waals surface area contributed by atoms with Crippen LogP contribution in [0.4, 0.5) is 5.95 Å². The molecule has 8 nitrogen and oxygen atoms in total. The number of nitrogens with zero attached hydrogens (tertiary/aromatic N) is 4. The lowest BCUT2D eigenvalue weighted by Crippen LogP contribution is -2.28. The summed E-state index contributed by atoms with van der Waals surface area (Å²) in [6.45, 7) is 0. The van der Waals surface area contributed by atoms with Crippen LogP contribution in [0, 0.1) is 0 Å². The van der Waals surface area contributed by atoms with Crippen molar-refractivity contribution in [2.24, 2.45) is 5.10 Å². The number of anilines is 1. The molecule has 0 bridgehead atoms. The molecule has 0 fully saturated rings. The van der Waals surface area contributed by atoms with Crippen molar-refractivity contribution in [3.63, 3.8) is 0 Å². The van der Waals surface area contributed by atoms with Crippen LogP contribution in [0.5, 0.6) is 0 Å². The molecule has 0 aliphatic carbocycles. The molecule has 1 aromatic carbocycles. The largest absolute Gasteiger partial charge is 0.467 e. The van der Waals surface area contributed by atoms with Crippen molar-refractivity contribution in [3.05, 3.63) is 59.0 Å². The average molecular weight is 403 g/mol. The van der Waals surface area contributed by atoms with E-state index in [4.69, 9.17) is 21.8 Å². The Kier molecular flexibility index (Phi) is 4.87. The third kappa shape index (κ3) is 3.83. The number of nitrogen functional groups attached to an aromatic ring is 1. The number of aromatic nitrogens is 3. The Morgan fingerprint density at radius 1 is 1.37 bits per heavy atom. The summed E-state index contributed by atoms with van der Waals surface area (Å²) in [7, 11) is 0. The number of benzene rings is 1. The lowest BCUT2D eigenvalue weighted by atomic mass is 10.0. The average Bonchev–Trinajstić information content (AvgIpc) is 3.40. The van der Waals surface area contributed by atoms with Crippen molar-refractivity contribution >= 4 is 40.9 Å². The Morgan fingerprint density at radius 2 is 2.19 bits per heavy atom. The van der Waals surface area contributed by atoms with E-state index >= 15 is 0 Å². The Balaban J connectivity index is 1.55. The van der Waals surface area contributed by atoms with Crippen molar-refractivity contribution in [1.82, 2.24) is 20.2 Å². The van der Waals surface area contributed by atoms with Gasteiger partial charge >= 0.3 is 0 Å². The summed E-state index contributed by atoms with van der Waals surface area (Å²) < 4.78 is 5.53. The topological polar surface area (TPSA) is 113 Å². The fourth-order valence-corrected chi connectivity index (χ4v) is 3.56. The van der Waals surface area contributed by atoms with Gasteiger partial charge in [-0.1, -0.05) is 35.5 Å². The molecule has 0 radical (unpaired) electrons. The number of nitrogens with two attached hydrogens (primary N) is 1. The molecular weight excluding hydrogens is 388 g/mol. The third-order valence-electron chi connectivity index (χ3n) is 4.02. The third-order valence-corrected chi connectivity index (χ3v) is 5.11. The van der Waals surface area contributed by atoms with Gasteiger partial charge in [-0.2, -0.15) is 10.1 Å². The maximum atomic E-state index is 12.8. The number of hydrogen-bond acceptors (Lipinski definition) is 7. The van der Waals surface area contributed by atoms with Crippen LogP contribution >= 0.6 is 23.4 Å². The first kappa shape index (κ1) is 17.6. The van der Waals surface area contributed by atoms with Gasteiger partial charge < -0.3 is 10.2 Å². The minimum Gasteiger partial charge on any atom is -0.467 e. The summed E-state index contributed by atoms with van der Waals surface area (Å²) in [6, 6.07) is 10.7. The first-order valence-corrected chi connectivity index (χ1v) is 9.46. The minimum atomic E-state index is -0.295. The molecular formula is C17H15ClN6O2S. The number of amides is 1. The maximum Gasteiger partial charge on any atom is 0.253 e. The molecule has 10 heteroatoms. The summed E-state index contributed by atoms with van der Waals surface area (Å²) in [5.74, 6) is 0.853. The van der Waals surface area contributed by atoms with E-state index in [1.165, 1.54) is 16.8 Å². The van der Waals surface area contributed by atoms with Gasteiger partial charge in [0.2, 0.25) is 11.1 Å². The van der Waals surface area contributed by atoms with Crippen molar-refractivity contribution in [3.8, 4) is 0 Å². The molecule has 1 aliphatic heterocycles. The number of hydrazone groups is 1. The number of nitrogens with one attached hydrogen (secondary N) is 1. The molecule has 138 valence electrons. The molecule has 1 amide bonds. The highest BCUT2D eigenvalue weighted by atomic mass is 35.5. The second-order valence-electron chi connectivity index (χ2n) is 5.82. The molecule has 0 unspecified atom stereocenters. The predicted molar refractivity (Wildman–Crippen MR) is 102 cm³/mol. The van der Waals surface area contributed by atoms with Crippen LogP contribution in [0.25, 0.3) is 0 Å². The molecule has 4 rings (SSSR count). The molecule has 3 heterocycles. The quantitative estimate of drug-likeness (QED) is 0.634. The van der Waals surface area contributed by atoms with Gasteiger partial charge in [0.15, 0.2) is 0 Å². The van der Waals surface area contributed by atoms with Crippen LogP contribution in [-0.2, 0) is 4.79 Å². The normalized spacial score (nSPS) is 16.6. The van der Waals surface area contributed by atoms with E-state index in [0.717, 1.165) is 11.3 Å².